The summed E-state index contributed by atoms with van der Waals surface area (Å²) in [6.45, 7) is 0.312. The minimum atomic E-state index is -1.72. The fourth-order valence-corrected chi connectivity index (χ4v) is 3.59. The second-order valence-corrected chi connectivity index (χ2v) is 10.2. The quantitative estimate of drug-likeness (QED) is 0.0479. The lowest BCUT2D eigenvalue weighted by Crippen LogP contribution is -2.60. The molecule has 7 atom stereocenters. The second-order valence-electron chi connectivity index (χ2n) is 10.2. The highest BCUT2D eigenvalue weighted by molar-refractivity contribution is 5.97. The Balaban J connectivity index is 5.58. The van der Waals surface area contributed by atoms with Gasteiger partial charge in [-0.25, -0.2) is 4.79 Å². The lowest BCUT2D eigenvalue weighted by atomic mass is 10.1. The van der Waals surface area contributed by atoms with Crippen LogP contribution in [-0.4, -0.2) is 136 Å². The summed E-state index contributed by atoms with van der Waals surface area (Å²) in [4.78, 5) is 98.0. The van der Waals surface area contributed by atoms with Crippen molar-refractivity contribution in [2.45, 2.75) is 81.9 Å². The molecule has 16 N–H and O–H groups in total. The molecule has 7 amide bonds. The Morgan fingerprint density at radius 2 is 1.26 bits per heavy atom. The van der Waals surface area contributed by atoms with Crippen LogP contribution in [-0.2, 0) is 38.4 Å². The first-order valence-electron chi connectivity index (χ1n) is 14.1. The molecule has 0 aliphatic carbocycles. The number of carboxylic acids is 1. The molecular formula is C25H45N9O12. The van der Waals surface area contributed by atoms with Crippen LogP contribution in [0.4, 0.5) is 0 Å². The zero-order valence-electron chi connectivity index (χ0n) is 25.5. The third-order valence-electron chi connectivity index (χ3n) is 6.21. The Hall–Kier alpha value is -4.44. The van der Waals surface area contributed by atoms with Crippen molar-refractivity contribution >= 4 is 47.3 Å². The van der Waals surface area contributed by atoms with Crippen molar-refractivity contribution in [1.29, 1.82) is 0 Å². The Bertz CT molecular complexity index is 1090. The van der Waals surface area contributed by atoms with Crippen LogP contribution in [0.3, 0.4) is 0 Å². The topological polar surface area (TPSA) is 368 Å². The molecule has 0 aliphatic rings. The van der Waals surface area contributed by atoms with Gasteiger partial charge in [-0.05, 0) is 39.7 Å². The third-order valence-corrected chi connectivity index (χ3v) is 6.21. The van der Waals surface area contributed by atoms with Crippen molar-refractivity contribution in [2.24, 2.45) is 17.2 Å². The van der Waals surface area contributed by atoms with Crippen LogP contribution in [0.2, 0.25) is 0 Å². The number of aliphatic hydroxyl groups is 3. The Morgan fingerprint density at radius 3 is 1.76 bits per heavy atom. The van der Waals surface area contributed by atoms with E-state index in [9.17, 15) is 53.7 Å². The van der Waals surface area contributed by atoms with Crippen LogP contribution in [0.15, 0.2) is 0 Å². The molecule has 0 aromatic carbocycles. The highest BCUT2D eigenvalue weighted by Crippen LogP contribution is 2.05. The van der Waals surface area contributed by atoms with Crippen molar-refractivity contribution in [3.63, 3.8) is 0 Å². The zero-order valence-corrected chi connectivity index (χ0v) is 25.5. The molecule has 21 heteroatoms. The number of amides is 7. The van der Waals surface area contributed by atoms with Gasteiger partial charge in [0.05, 0.1) is 32.3 Å². The summed E-state index contributed by atoms with van der Waals surface area (Å²) in [7, 11) is 0. The lowest BCUT2D eigenvalue weighted by Gasteiger charge is -2.26. The number of nitrogens with one attached hydrogen (secondary N) is 6. The van der Waals surface area contributed by atoms with Crippen molar-refractivity contribution in [1.82, 2.24) is 31.9 Å². The first-order chi connectivity index (χ1) is 21.5. The number of unbranched alkanes of at least 4 members (excludes halogenated alkanes) is 1. The summed E-state index contributed by atoms with van der Waals surface area (Å²) in [6.07, 6.45) is -1.62. The van der Waals surface area contributed by atoms with Gasteiger partial charge in [-0.15, -0.1) is 0 Å². The van der Waals surface area contributed by atoms with Crippen molar-refractivity contribution in [3.8, 4) is 0 Å². The SMILES string of the molecule is C[C@H](NC(=O)CNC(=O)[C@@H](N)CO)C(=O)N[C@@H](CO)C(=O)N[C@@H](CC(N)=O)C(=O)N[C@@H](CCCCN)C(=O)N[C@H](C(=O)O)[C@@H](C)O. The molecule has 0 aromatic rings. The highest BCUT2D eigenvalue weighted by Gasteiger charge is 2.33. The molecule has 0 spiro atoms. The van der Waals surface area contributed by atoms with E-state index in [1.165, 1.54) is 6.92 Å². The van der Waals surface area contributed by atoms with E-state index < -0.39 is 116 Å². The van der Waals surface area contributed by atoms with Gasteiger partial charge < -0.3 is 69.5 Å². The molecule has 0 aromatic heterocycles. The minimum absolute atomic E-state index is 0.0466. The van der Waals surface area contributed by atoms with E-state index in [-0.39, 0.29) is 13.0 Å². The maximum Gasteiger partial charge on any atom is 0.328 e. The largest absolute Gasteiger partial charge is 0.480 e. The summed E-state index contributed by atoms with van der Waals surface area (Å²) in [5, 5.41) is 50.5. The monoisotopic (exact) mass is 663 g/mol. The van der Waals surface area contributed by atoms with Crippen LogP contribution in [0.25, 0.3) is 0 Å². The summed E-state index contributed by atoms with van der Waals surface area (Å²) < 4.78 is 0. The lowest BCUT2D eigenvalue weighted by molar-refractivity contribution is -0.145. The van der Waals surface area contributed by atoms with Crippen molar-refractivity contribution in [3.05, 3.63) is 0 Å². The van der Waals surface area contributed by atoms with E-state index in [2.05, 4.69) is 31.9 Å². The van der Waals surface area contributed by atoms with Gasteiger partial charge in [0.25, 0.3) is 0 Å². The third kappa shape index (κ3) is 15.5. The average molecular weight is 664 g/mol. The predicted octanol–water partition coefficient (Wildman–Crippen LogP) is -7.67. The number of carboxylic acid groups (broad SMARTS) is 1. The fourth-order valence-electron chi connectivity index (χ4n) is 3.59. The van der Waals surface area contributed by atoms with Crippen molar-refractivity contribution in [2.75, 3.05) is 26.3 Å². The number of aliphatic carboxylic acids is 1. The van der Waals surface area contributed by atoms with Gasteiger partial charge in [-0.1, -0.05) is 0 Å². The number of rotatable bonds is 22. The van der Waals surface area contributed by atoms with Crippen LogP contribution >= 0.6 is 0 Å². The van der Waals surface area contributed by atoms with Crippen LogP contribution < -0.4 is 49.1 Å². The summed E-state index contributed by atoms with van der Waals surface area (Å²) in [5.74, 6) is -8.49. The smallest absolute Gasteiger partial charge is 0.328 e. The maximum atomic E-state index is 13.1. The molecule has 0 bridgehead atoms. The first kappa shape index (κ1) is 41.6. The van der Waals surface area contributed by atoms with E-state index in [0.717, 1.165) is 6.92 Å². The zero-order chi connectivity index (χ0) is 35.6. The van der Waals surface area contributed by atoms with Gasteiger partial charge in [-0.3, -0.25) is 33.6 Å². The molecular weight excluding hydrogens is 618 g/mol. The number of hydrogen-bond acceptors (Lipinski definition) is 13. The second kappa shape index (κ2) is 21.3. The van der Waals surface area contributed by atoms with Gasteiger partial charge in [0.1, 0.15) is 30.2 Å². The van der Waals surface area contributed by atoms with E-state index in [1.54, 1.807) is 0 Å². The maximum absolute atomic E-state index is 13.1. The number of carbonyl (C=O) groups is 8. The predicted molar refractivity (Wildman–Crippen MR) is 157 cm³/mol. The number of nitrogens with two attached hydrogens (primary N) is 3. The molecule has 0 saturated heterocycles. The van der Waals surface area contributed by atoms with Crippen LogP contribution in [0.1, 0.15) is 39.5 Å². The number of hydrogen-bond donors (Lipinski definition) is 13. The van der Waals surface area contributed by atoms with E-state index in [4.69, 9.17) is 22.3 Å². The number of carbonyl (C=O) groups excluding carboxylic acids is 7. The average Bonchev–Trinajstić information content (AvgIpc) is 2.98. The van der Waals surface area contributed by atoms with Gasteiger partial charge >= 0.3 is 5.97 Å². The molecule has 0 aliphatic heterocycles. The Morgan fingerprint density at radius 1 is 0.717 bits per heavy atom. The Labute approximate surface area is 263 Å². The highest BCUT2D eigenvalue weighted by atomic mass is 16.4. The van der Waals surface area contributed by atoms with E-state index in [0.29, 0.717) is 12.8 Å². The number of aliphatic hydroxyl groups excluding tert-OH is 3. The van der Waals surface area contributed by atoms with E-state index >= 15 is 0 Å². The van der Waals surface area contributed by atoms with Gasteiger partial charge in [0, 0.05) is 0 Å². The van der Waals surface area contributed by atoms with Gasteiger partial charge in [-0.2, -0.15) is 0 Å². The van der Waals surface area contributed by atoms with Crippen LogP contribution in [0.5, 0.6) is 0 Å². The molecule has 21 nitrogen and oxygen atoms in total. The first-order valence-corrected chi connectivity index (χ1v) is 14.1. The van der Waals surface area contributed by atoms with E-state index in [1.807, 2.05) is 0 Å². The summed E-state index contributed by atoms with van der Waals surface area (Å²) in [6, 6.07) is -9.11. The molecule has 46 heavy (non-hydrogen) atoms. The summed E-state index contributed by atoms with van der Waals surface area (Å²) in [5.41, 5.74) is 16.0. The standard InChI is InChI=1S/C25H45N9O12/c1-11(30-18(39)8-29-21(41)13(27)9-35)20(40)33-16(10-36)24(44)32-15(7-17(28)38)23(43)31-14(5-3-4-6-26)22(42)34-19(12(2)37)25(45)46/h11-16,19,35-37H,3-10,26-27H2,1-2H3,(H2,28,38)(H,29,41)(H,30,39)(H,31,43)(H,32,44)(H,33,40)(H,34,42)(H,45,46)/t11-,12+,13-,14-,15-,16-,19-/m0/s1. The molecule has 0 unspecified atom stereocenters. The minimum Gasteiger partial charge on any atom is -0.480 e. The van der Waals surface area contributed by atoms with Gasteiger partial charge in [0.2, 0.25) is 41.4 Å². The number of primary amides is 1. The molecule has 0 fully saturated rings. The molecule has 0 rings (SSSR count). The molecule has 0 radical (unpaired) electrons. The normalized spacial score (nSPS) is 15.4. The van der Waals surface area contributed by atoms with Gasteiger partial charge in [0.15, 0.2) is 6.04 Å². The summed E-state index contributed by atoms with van der Waals surface area (Å²) >= 11 is 0. The Kier molecular flexibility index (Phi) is 19.3. The van der Waals surface area contributed by atoms with Crippen molar-refractivity contribution < 1.29 is 58.8 Å². The molecule has 262 valence electrons. The van der Waals surface area contributed by atoms with Crippen LogP contribution in [0, 0.1) is 0 Å². The molecule has 0 saturated carbocycles. The molecule has 0 heterocycles. The fraction of sp³-hybridized carbons (Fsp3) is 0.680.